The normalized spacial score (nSPS) is 32.4. The molecule has 4 aliphatic carbocycles. The molecule has 0 aliphatic heterocycles. The first-order chi connectivity index (χ1) is 22.7. The first-order valence-electron chi connectivity index (χ1n) is 21.6. The summed E-state index contributed by atoms with van der Waals surface area (Å²) >= 11 is 0. The van der Waals surface area contributed by atoms with Crippen LogP contribution < -0.4 is 0 Å². The summed E-state index contributed by atoms with van der Waals surface area (Å²) in [5, 5.41) is 0. The van der Waals surface area contributed by atoms with Crippen molar-refractivity contribution in [1.29, 1.82) is 0 Å². The molecule has 4 unspecified atom stereocenters. The molecule has 0 amide bonds. The standard InChI is InChI=1S/C45H80O2/c1-7-8-9-10-11-12-13-14-15-16-17-18-19-20-21-25-43(46)47-38-30-32-44(5)37(34-38)26-27-39-41-29-28-40(36(4)24-22-23-35(2)3)45(41,6)33-31-42(39)44/h26,35-36,38-42H,7-25,27-34H2,1-6H3/t36-,38?,39?,40-,41?,42?,44+,45-/m1/s1. The van der Waals surface area contributed by atoms with Gasteiger partial charge in [0, 0.05) is 12.8 Å². The number of carbonyl (C=O) groups is 1. The van der Waals surface area contributed by atoms with E-state index in [9.17, 15) is 4.79 Å². The van der Waals surface area contributed by atoms with Crippen LogP contribution in [-0.4, -0.2) is 12.1 Å². The van der Waals surface area contributed by atoms with Gasteiger partial charge in [-0.25, -0.2) is 0 Å². The monoisotopic (exact) mass is 653 g/mol. The van der Waals surface area contributed by atoms with Gasteiger partial charge in [0.2, 0.25) is 0 Å². The highest BCUT2D eigenvalue weighted by Crippen LogP contribution is 2.67. The minimum absolute atomic E-state index is 0.0653. The van der Waals surface area contributed by atoms with Gasteiger partial charge in [-0.1, -0.05) is 162 Å². The second kappa shape index (κ2) is 19.6. The molecule has 0 saturated heterocycles. The number of esters is 1. The third-order valence-electron chi connectivity index (χ3n) is 14.5. The van der Waals surface area contributed by atoms with Crippen molar-refractivity contribution in [2.75, 3.05) is 0 Å². The van der Waals surface area contributed by atoms with Gasteiger partial charge in [0.05, 0.1) is 0 Å². The lowest BCUT2D eigenvalue weighted by molar-refractivity contribution is -0.151. The van der Waals surface area contributed by atoms with E-state index in [2.05, 4.69) is 47.6 Å². The number of fused-ring (bicyclic) bond motifs is 5. The molecular weight excluding hydrogens is 572 g/mol. The van der Waals surface area contributed by atoms with E-state index in [0.29, 0.717) is 17.3 Å². The molecule has 4 rings (SSSR count). The SMILES string of the molecule is CCCCCCCCCCCCCCCCCC(=O)OC1CC[C@@]2(C)C(=CCC3C2CC[C@@]2(C)C3CC[C@@H]2[C@H](C)CCCC(C)C)C1. The molecule has 0 N–H and O–H groups in total. The van der Waals surface area contributed by atoms with Gasteiger partial charge in [-0.15, -0.1) is 0 Å². The quantitative estimate of drug-likeness (QED) is 0.0661. The zero-order valence-electron chi connectivity index (χ0n) is 32.5. The molecule has 0 aromatic carbocycles. The summed E-state index contributed by atoms with van der Waals surface area (Å²) in [7, 11) is 0. The Morgan fingerprint density at radius 1 is 0.745 bits per heavy atom. The number of ether oxygens (including phenoxy) is 1. The van der Waals surface area contributed by atoms with Crippen molar-refractivity contribution >= 4 is 5.97 Å². The van der Waals surface area contributed by atoms with Crippen molar-refractivity contribution in [2.45, 2.75) is 221 Å². The molecule has 2 heteroatoms. The molecular formula is C45H80O2. The third-order valence-corrected chi connectivity index (χ3v) is 14.5. The Hall–Kier alpha value is -0.790. The van der Waals surface area contributed by atoms with E-state index in [0.717, 1.165) is 54.8 Å². The van der Waals surface area contributed by atoms with Gasteiger partial charge in [0.1, 0.15) is 6.10 Å². The summed E-state index contributed by atoms with van der Waals surface area (Å²) in [5.74, 6) is 5.34. The fourth-order valence-corrected chi connectivity index (χ4v) is 11.6. The van der Waals surface area contributed by atoms with Gasteiger partial charge in [-0.2, -0.15) is 0 Å². The Morgan fingerprint density at radius 3 is 1.98 bits per heavy atom. The molecule has 272 valence electrons. The van der Waals surface area contributed by atoms with Crippen molar-refractivity contribution in [1.82, 2.24) is 0 Å². The molecule has 0 radical (unpaired) electrons. The van der Waals surface area contributed by atoms with Gasteiger partial charge < -0.3 is 4.74 Å². The Morgan fingerprint density at radius 2 is 1.36 bits per heavy atom. The van der Waals surface area contributed by atoms with Crippen molar-refractivity contribution in [3.8, 4) is 0 Å². The topological polar surface area (TPSA) is 26.3 Å². The fourth-order valence-electron chi connectivity index (χ4n) is 11.6. The van der Waals surface area contributed by atoms with Crippen LogP contribution in [-0.2, 0) is 9.53 Å². The van der Waals surface area contributed by atoms with Crippen LogP contribution in [0.25, 0.3) is 0 Å². The van der Waals surface area contributed by atoms with E-state index < -0.39 is 0 Å². The Kier molecular flexibility index (Phi) is 16.2. The van der Waals surface area contributed by atoms with Crippen LogP contribution in [0, 0.1) is 46.3 Å². The average molecular weight is 653 g/mol. The largest absolute Gasteiger partial charge is 0.462 e. The van der Waals surface area contributed by atoms with E-state index in [4.69, 9.17) is 4.74 Å². The number of hydrogen-bond donors (Lipinski definition) is 0. The molecule has 47 heavy (non-hydrogen) atoms. The number of hydrogen-bond acceptors (Lipinski definition) is 2. The van der Waals surface area contributed by atoms with E-state index in [1.54, 1.807) is 5.57 Å². The van der Waals surface area contributed by atoms with Crippen LogP contribution in [0.1, 0.15) is 215 Å². The molecule has 3 fully saturated rings. The van der Waals surface area contributed by atoms with Crippen LogP contribution in [0.5, 0.6) is 0 Å². The molecule has 3 saturated carbocycles. The minimum atomic E-state index is 0.0653. The van der Waals surface area contributed by atoms with Crippen molar-refractivity contribution in [3.63, 3.8) is 0 Å². The van der Waals surface area contributed by atoms with Crippen molar-refractivity contribution in [3.05, 3.63) is 11.6 Å². The second-order valence-electron chi connectivity index (χ2n) is 18.3. The van der Waals surface area contributed by atoms with Crippen LogP contribution in [0.2, 0.25) is 0 Å². The Bertz CT molecular complexity index is 934. The zero-order valence-corrected chi connectivity index (χ0v) is 32.5. The first-order valence-corrected chi connectivity index (χ1v) is 21.6. The molecule has 2 nitrogen and oxygen atoms in total. The molecule has 0 aromatic rings. The van der Waals surface area contributed by atoms with Gasteiger partial charge in [0.25, 0.3) is 0 Å². The lowest BCUT2D eigenvalue weighted by atomic mass is 9.47. The molecule has 0 heterocycles. The highest BCUT2D eigenvalue weighted by atomic mass is 16.5. The first kappa shape index (κ1) is 39.0. The maximum atomic E-state index is 12.8. The summed E-state index contributed by atoms with van der Waals surface area (Å²) in [6.07, 6.45) is 38.4. The molecule has 0 bridgehead atoms. The maximum Gasteiger partial charge on any atom is 0.306 e. The molecule has 0 aromatic heterocycles. The fraction of sp³-hybridized carbons (Fsp3) is 0.933. The zero-order chi connectivity index (χ0) is 33.7. The van der Waals surface area contributed by atoms with Gasteiger partial charge in [0.15, 0.2) is 0 Å². The van der Waals surface area contributed by atoms with E-state index >= 15 is 0 Å². The minimum Gasteiger partial charge on any atom is -0.462 e. The van der Waals surface area contributed by atoms with Crippen LogP contribution in [0.3, 0.4) is 0 Å². The number of unbranched alkanes of at least 4 members (excludes halogenated alkanes) is 14. The summed E-state index contributed by atoms with van der Waals surface area (Å²) in [6.45, 7) is 15.0. The predicted molar refractivity (Wildman–Crippen MR) is 202 cm³/mol. The second-order valence-corrected chi connectivity index (χ2v) is 18.3. The molecule has 8 atom stereocenters. The number of rotatable bonds is 22. The number of allylic oxidation sites excluding steroid dienone is 1. The predicted octanol–water partition coefficient (Wildman–Crippen LogP) is 14.2. The van der Waals surface area contributed by atoms with Gasteiger partial charge in [-0.05, 0) is 97.7 Å². The highest BCUT2D eigenvalue weighted by molar-refractivity contribution is 5.69. The van der Waals surface area contributed by atoms with Crippen LogP contribution >= 0.6 is 0 Å². The Labute approximate surface area is 293 Å². The van der Waals surface area contributed by atoms with Crippen molar-refractivity contribution < 1.29 is 9.53 Å². The summed E-state index contributed by atoms with van der Waals surface area (Å²) in [6, 6.07) is 0. The van der Waals surface area contributed by atoms with Gasteiger partial charge >= 0.3 is 5.97 Å². The molecule has 0 spiro atoms. The van der Waals surface area contributed by atoms with E-state index in [1.165, 1.54) is 148 Å². The lowest BCUT2D eigenvalue weighted by Gasteiger charge is -2.58. The lowest BCUT2D eigenvalue weighted by Crippen LogP contribution is -2.51. The summed E-state index contributed by atoms with van der Waals surface area (Å²) in [5.41, 5.74) is 2.54. The molecule has 4 aliphatic rings. The average Bonchev–Trinajstić information content (AvgIpc) is 3.40. The maximum absolute atomic E-state index is 12.8. The Balaban J connectivity index is 1.10. The van der Waals surface area contributed by atoms with E-state index in [-0.39, 0.29) is 12.1 Å². The third kappa shape index (κ3) is 10.8. The van der Waals surface area contributed by atoms with Crippen LogP contribution in [0.15, 0.2) is 11.6 Å². The van der Waals surface area contributed by atoms with Gasteiger partial charge in [-0.3, -0.25) is 4.79 Å². The summed E-state index contributed by atoms with van der Waals surface area (Å²) < 4.78 is 6.13. The van der Waals surface area contributed by atoms with Crippen LogP contribution in [0.4, 0.5) is 0 Å². The highest BCUT2D eigenvalue weighted by Gasteiger charge is 2.59. The number of carbonyl (C=O) groups excluding carboxylic acids is 1. The van der Waals surface area contributed by atoms with E-state index in [1.807, 2.05) is 0 Å². The smallest absolute Gasteiger partial charge is 0.306 e. The summed E-state index contributed by atoms with van der Waals surface area (Å²) in [4.78, 5) is 12.8. The van der Waals surface area contributed by atoms with Crippen molar-refractivity contribution in [2.24, 2.45) is 46.3 Å².